The molecule has 124 valence electrons. The summed E-state index contributed by atoms with van der Waals surface area (Å²) >= 11 is 6.03. The molecule has 2 rings (SSSR count). The molecule has 0 radical (unpaired) electrons. The van der Waals surface area contributed by atoms with E-state index < -0.39 is 6.03 Å². The molecule has 1 aromatic carbocycles. The van der Waals surface area contributed by atoms with Crippen molar-refractivity contribution in [3.05, 3.63) is 41.3 Å². The number of nitriles is 1. The van der Waals surface area contributed by atoms with Gasteiger partial charge < -0.3 is 16.2 Å². The maximum atomic E-state index is 11.9. The van der Waals surface area contributed by atoms with Crippen molar-refractivity contribution in [2.45, 2.75) is 6.42 Å². The van der Waals surface area contributed by atoms with Gasteiger partial charge in [-0.05, 0) is 31.2 Å². The van der Waals surface area contributed by atoms with Gasteiger partial charge in [-0.25, -0.2) is 19.7 Å². The number of ether oxygens (including phenoxy) is 1. The normalized spacial score (nSPS) is 10.0. The average molecular weight is 347 g/mol. The zero-order valence-electron chi connectivity index (χ0n) is 12.6. The fourth-order valence-corrected chi connectivity index (χ4v) is 2.07. The Kier molecular flexibility index (Phi) is 5.89. The van der Waals surface area contributed by atoms with E-state index in [0.29, 0.717) is 36.0 Å². The molecule has 0 aliphatic rings. The van der Waals surface area contributed by atoms with Crippen molar-refractivity contribution in [1.82, 2.24) is 9.97 Å². The third-order valence-corrected chi connectivity index (χ3v) is 3.21. The minimum atomic E-state index is -0.792. The SMILES string of the molecule is N#Cc1cnc(N(C(N)=O)c2cc(Cl)ccc2OCCCN)cn1. The molecular weight excluding hydrogens is 332 g/mol. The van der Waals surface area contributed by atoms with Crippen LogP contribution >= 0.6 is 11.6 Å². The number of carbonyl (C=O) groups excluding carboxylic acids is 1. The fraction of sp³-hybridized carbons (Fsp3) is 0.200. The van der Waals surface area contributed by atoms with Crippen molar-refractivity contribution < 1.29 is 9.53 Å². The Morgan fingerprint density at radius 1 is 1.38 bits per heavy atom. The highest BCUT2D eigenvalue weighted by Crippen LogP contribution is 2.35. The first-order valence-corrected chi connectivity index (χ1v) is 7.38. The first-order chi connectivity index (χ1) is 11.6. The molecule has 0 bridgehead atoms. The molecule has 0 spiro atoms. The molecule has 1 aromatic heterocycles. The summed E-state index contributed by atoms with van der Waals surface area (Å²) in [4.78, 5) is 21.0. The van der Waals surface area contributed by atoms with Crippen LogP contribution in [0.3, 0.4) is 0 Å². The number of rotatable bonds is 6. The molecule has 0 saturated heterocycles. The molecule has 8 nitrogen and oxygen atoms in total. The van der Waals surface area contributed by atoms with E-state index in [-0.39, 0.29) is 11.5 Å². The van der Waals surface area contributed by atoms with Gasteiger partial charge in [0, 0.05) is 5.02 Å². The lowest BCUT2D eigenvalue weighted by Crippen LogP contribution is -2.32. The lowest BCUT2D eigenvalue weighted by atomic mass is 10.2. The number of hydrogen-bond donors (Lipinski definition) is 2. The number of nitrogens with two attached hydrogens (primary N) is 2. The van der Waals surface area contributed by atoms with Crippen LogP contribution in [0.5, 0.6) is 5.75 Å². The third kappa shape index (κ3) is 4.10. The number of nitrogens with zero attached hydrogens (tertiary/aromatic N) is 4. The largest absolute Gasteiger partial charge is 0.491 e. The van der Waals surface area contributed by atoms with E-state index in [4.69, 9.17) is 33.1 Å². The Hall–Kier alpha value is -2.89. The Labute approximate surface area is 143 Å². The molecule has 0 aliphatic carbocycles. The highest BCUT2D eigenvalue weighted by atomic mass is 35.5. The molecule has 0 saturated carbocycles. The smallest absolute Gasteiger partial charge is 0.325 e. The number of carbonyl (C=O) groups is 1. The van der Waals surface area contributed by atoms with Gasteiger partial charge in [-0.2, -0.15) is 5.26 Å². The van der Waals surface area contributed by atoms with Gasteiger partial charge in [-0.1, -0.05) is 11.6 Å². The number of aromatic nitrogens is 2. The van der Waals surface area contributed by atoms with Crippen LogP contribution in [0.15, 0.2) is 30.6 Å². The van der Waals surface area contributed by atoms with Gasteiger partial charge in [0.2, 0.25) is 0 Å². The molecule has 0 aliphatic heterocycles. The van der Waals surface area contributed by atoms with Gasteiger partial charge in [0.1, 0.15) is 11.8 Å². The highest BCUT2D eigenvalue weighted by molar-refractivity contribution is 6.31. The number of halogens is 1. The summed E-state index contributed by atoms with van der Waals surface area (Å²) < 4.78 is 5.64. The minimum absolute atomic E-state index is 0.119. The van der Waals surface area contributed by atoms with E-state index in [1.54, 1.807) is 12.1 Å². The van der Waals surface area contributed by atoms with Crippen LogP contribution in [0.1, 0.15) is 12.1 Å². The standard InChI is InChI=1S/C15H15ClN6O2/c16-10-2-3-13(24-5-1-4-17)12(6-10)22(15(19)23)14-9-20-11(7-18)8-21-14/h2-3,6,8-9H,1,4-5,17H2,(H2,19,23). The van der Waals surface area contributed by atoms with Gasteiger partial charge in [-0.3, -0.25) is 0 Å². The van der Waals surface area contributed by atoms with Gasteiger partial charge in [0.05, 0.1) is 24.7 Å². The van der Waals surface area contributed by atoms with Crippen molar-refractivity contribution in [2.75, 3.05) is 18.1 Å². The minimum Gasteiger partial charge on any atom is -0.491 e. The summed E-state index contributed by atoms with van der Waals surface area (Å²) in [6.07, 6.45) is 3.16. The highest BCUT2D eigenvalue weighted by Gasteiger charge is 2.21. The zero-order valence-corrected chi connectivity index (χ0v) is 13.4. The summed E-state index contributed by atoms with van der Waals surface area (Å²) in [6.45, 7) is 0.848. The first-order valence-electron chi connectivity index (χ1n) is 7.01. The van der Waals surface area contributed by atoms with Crippen LogP contribution in [0.25, 0.3) is 0 Å². The third-order valence-electron chi connectivity index (χ3n) is 2.97. The second-order valence-corrected chi connectivity index (χ2v) is 5.08. The zero-order chi connectivity index (χ0) is 17.5. The lowest BCUT2D eigenvalue weighted by Gasteiger charge is -2.22. The van der Waals surface area contributed by atoms with Gasteiger partial charge in [-0.15, -0.1) is 0 Å². The summed E-state index contributed by atoms with van der Waals surface area (Å²) in [7, 11) is 0. The van der Waals surface area contributed by atoms with Crippen molar-refractivity contribution in [3.63, 3.8) is 0 Å². The maximum Gasteiger partial charge on any atom is 0.325 e. The quantitative estimate of drug-likeness (QED) is 0.768. The molecule has 2 amide bonds. The predicted octanol–water partition coefficient (Wildman–Crippen LogP) is 1.95. The van der Waals surface area contributed by atoms with Crippen LogP contribution in [0.4, 0.5) is 16.3 Å². The molecule has 0 atom stereocenters. The topological polar surface area (TPSA) is 131 Å². The molecule has 24 heavy (non-hydrogen) atoms. The Morgan fingerprint density at radius 2 is 2.17 bits per heavy atom. The number of primary amides is 1. The van der Waals surface area contributed by atoms with Crippen LogP contribution in [-0.2, 0) is 0 Å². The molecule has 2 aromatic rings. The van der Waals surface area contributed by atoms with E-state index in [2.05, 4.69) is 9.97 Å². The summed E-state index contributed by atoms with van der Waals surface area (Å²) in [5, 5.41) is 9.18. The predicted molar refractivity (Wildman–Crippen MR) is 89.1 cm³/mol. The van der Waals surface area contributed by atoms with E-state index in [0.717, 1.165) is 4.90 Å². The number of hydrogen-bond acceptors (Lipinski definition) is 6. The number of benzene rings is 1. The Bertz CT molecular complexity index is 760. The number of urea groups is 1. The van der Waals surface area contributed by atoms with Crippen LogP contribution in [0, 0.1) is 11.3 Å². The van der Waals surface area contributed by atoms with Crippen LogP contribution < -0.4 is 21.1 Å². The summed E-state index contributed by atoms with van der Waals surface area (Å²) in [5.41, 5.74) is 11.4. The summed E-state index contributed by atoms with van der Waals surface area (Å²) in [6, 6.07) is 5.85. The molecule has 0 fully saturated rings. The van der Waals surface area contributed by atoms with Gasteiger partial charge in [0.15, 0.2) is 11.5 Å². The monoisotopic (exact) mass is 346 g/mol. The second kappa shape index (κ2) is 8.10. The van der Waals surface area contributed by atoms with Crippen molar-refractivity contribution in [1.29, 1.82) is 5.26 Å². The van der Waals surface area contributed by atoms with Crippen molar-refractivity contribution >= 4 is 29.1 Å². The van der Waals surface area contributed by atoms with Crippen molar-refractivity contribution in [2.24, 2.45) is 11.5 Å². The Balaban J connectivity index is 2.44. The van der Waals surface area contributed by atoms with E-state index in [9.17, 15) is 4.79 Å². The number of anilines is 2. The molecule has 0 unspecified atom stereocenters. The van der Waals surface area contributed by atoms with E-state index in [1.165, 1.54) is 18.5 Å². The molecule has 9 heteroatoms. The second-order valence-electron chi connectivity index (χ2n) is 4.65. The van der Waals surface area contributed by atoms with Gasteiger partial charge in [0.25, 0.3) is 0 Å². The van der Waals surface area contributed by atoms with Crippen LogP contribution in [0.2, 0.25) is 5.02 Å². The van der Waals surface area contributed by atoms with Crippen molar-refractivity contribution in [3.8, 4) is 11.8 Å². The average Bonchev–Trinajstić information content (AvgIpc) is 2.57. The van der Waals surface area contributed by atoms with Crippen LogP contribution in [-0.4, -0.2) is 29.2 Å². The van der Waals surface area contributed by atoms with E-state index >= 15 is 0 Å². The maximum absolute atomic E-state index is 11.9. The fourth-order valence-electron chi connectivity index (χ4n) is 1.90. The molecular formula is C15H15ClN6O2. The number of amides is 2. The first kappa shape index (κ1) is 17.5. The summed E-state index contributed by atoms with van der Waals surface area (Å²) in [5.74, 6) is 0.547. The lowest BCUT2D eigenvalue weighted by molar-refractivity contribution is 0.255. The molecule has 4 N–H and O–H groups in total. The van der Waals surface area contributed by atoms with Gasteiger partial charge >= 0.3 is 6.03 Å². The van der Waals surface area contributed by atoms with E-state index in [1.807, 2.05) is 6.07 Å². The molecule has 1 heterocycles. The Morgan fingerprint density at radius 3 is 2.75 bits per heavy atom.